The minimum Gasteiger partial charge on any atom is -0.477 e. The number of carbonyl (C=O) groups excluding carboxylic acids is 1. The average molecular weight is 324 g/mol. The molecule has 2 aromatic rings. The predicted octanol–water partition coefficient (Wildman–Crippen LogP) is 4.05. The van der Waals surface area contributed by atoms with Gasteiger partial charge in [0.05, 0.1) is 6.61 Å². The molecule has 0 unspecified atom stereocenters. The van der Waals surface area contributed by atoms with Crippen LogP contribution in [0, 0.1) is 0 Å². The minimum absolute atomic E-state index is 0.257. The molecular formula is C15H14F2N2O2S. The van der Waals surface area contributed by atoms with Crippen LogP contribution < -0.4 is 10.1 Å². The maximum absolute atomic E-state index is 12.2. The molecule has 0 aliphatic heterocycles. The van der Waals surface area contributed by atoms with Crippen LogP contribution in [-0.2, 0) is 0 Å². The second-order valence-electron chi connectivity index (χ2n) is 4.15. The fraction of sp³-hybridized carbons (Fsp3) is 0.200. The number of carbonyl (C=O) groups is 1. The number of hydrogen-bond acceptors (Lipinski definition) is 4. The third-order valence-corrected chi connectivity index (χ3v) is 3.36. The van der Waals surface area contributed by atoms with Gasteiger partial charge in [-0.25, -0.2) is 4.98 Å². The number of nitrogens with zero attached hydrogens (tertiary/aromatic N) is 1. The molecule has 0 saturated carbocycles. The third kappa shape index (κ3) is 4.42. The van der Waals surface area contributed by atoms with E-state index in [4.69, 9.17) is 4.74 Å². The number of alkyl halides is 2. The average Bonchev–Trinajstić information content (AvgIpc) is 2.49. The topological polar surface area (TPSA) is 51.2 Å². The van der Waals surface area contributed by atoms with Crippen LogP contribution in [0.2, 0.25) is 0 Å². The van der Waals surface area contributed by atoms with E-state index < -0.39 is 5.76 Å². The first kappa shape index (κ1) is 16.2. The summed E-state index contributed by atoms with van der Waals surface area (Å²) < 4.78 is 29.8. The third-order valence-electron chi connectivity index (χ3n) is 2.63. The highest BCUT2D eigenvalue weighted by Gasteiger charge is 2.13. The van der Waals surface area contributed by atoms with Crippen molar-refractivity contribution < 1.29 is 18.3 Å². The van der Waals surface area contributed by atoms with Crippen molar-refractivity contribution in [3.63, 3.8) is 0 Å². The van der Waals surface area contributed by atoms with Crippen LogP contribution in [-0.4, -0.2) is 23.3 Å². The van der Waals surface area contributed by atoms with E-state index in [0.29, 0.717) is 34.5 Å². The van der Waals surface area contributed by atoms with E-state index in [1.807, 2.05) is 0 Å². The highest BCUT2D eigenvalue weighted by Crippen LogP contribution is 2.26. The summed E-state index contributed by atoms with van der Waals surface area (Å²) in [5, 5.41) is 2.68. The Morgan fingerprint density at radius 1 is 1.32 bits per heavy atom. The Hall–Kier alpha value is -2.15. The summed E-state index contributed by atoms with van der Waals surface area (Å²) in [5.74, 6) is -2.58. The van der Waals surface area contributed by atoms with Gasteiger partial charge in [-0.3, -0.25) is 4.79 Å². The van der Waals surface area contributed by atoms with Gasteiger partial charge in [0.15, 0.2) is 0 Å². The Kier molecular flexibility index (Phi) is 5.71. The number of nitrogens with one attached hydrogen (secondary N) is 1. The van der Waals surface area contributed by atoms with Gasteiger partial charge in [0.2, 0.25) is 5.88 Å². The number of rotatable bonds is 6. The molecule has 22 heavy (non-hydrogen) atoms. The van der Waals surface area contributed by atoms with E-state index >= 15 is 0 Å². The van der Waals surface area contributed by atoms with E-state index in [2.05, 4.69) is 10.3 Å². The zero-order chi connectivity index (χ0) is 15.9. The number of pyridine rings is 1. The van der Waals surface area contributed by atoms with Gasteiger partial charge in [-0.1, -0.05) is 11.8 Å². The Morgan fingerprint density at radius 2 is 2.05 bits per heavy atom. The number of benzene rings is 1. The molecule has 0 saturated heterocycles. The maximum Gasteiger partial charge on any atom is 0.288 e. The highest BCUT2D eigenvalue weighted by molar-refractivity contribution is 7.99. The smallest absolute Gasteiger partial charge is 0.288 e. The number of thioether (sulfide) groups is 1. The molecule has 1 N–H and O–H groups in total. The van der Waals surface area contributed by atoms with Crippen molar-refractivity contribution in [2.24, 2.45) is 0 Å². The zero-order valence-electron chi connectivity index (χ0n) is 11.8. The largest absolute Gasteiger partial charge is 0.477 e. The lowest BCUT2D eigenvalue weighted by molar-refractivity contribution is 0.102. The molecule has 1 aromatic carbocycles. The van der Waals surface area contributed by atoms with Crippen molar-refractivity contribution >= 4 is 23.4 Å². The summed E-state index contributed by atoms with van der Waals surface area (Å²) >= 11 is 0.455. The number of hydrogen-bond donors (Lipinski definition) is 1. The van der Waals surface area contributed by atoms with E-state index in [0.717, 1.165) is 0 Å². The van der Waals surface area contributed by atoms with Gasteiger partial charge in [-0.15, -0.1) is 0 Å². The Labute approximate surface area is 130 Å². The first-order chi connectivity index (χ1) is 10.6. The molecule has 0 radical (unpaired) electrons. The predicted molar refractivity (Wildman–Crippen MR) is 81.7 cm³/mol. The zero-order valence-corrected chi connectivity index (χ0v) is 12.6. The summed E-state index contributed by atoms with van der Waals surface area (Å²) in [6, 6.07) is 9.44. The van der Waals surface area contributed by atoms with Crippen LogP contribution in [0.4, 0.5) is 14.5 Å². The fourth-order valence-corrected chi connectivity index (χ4v) is 2.23. The second-order valence-corrected chi connectivity index (χ2v) is 5.21. The van der Waals surface area contributed by atoms with Gasteiger partial charge in [0, 0.05) is 16.8 Å². The summed E-state index contributed by atoms with van der Waals surface area (Å²) in [5.41, 5.74) is 0.824. The molecule has 0 spiro atoms. The van der Waals surface area contributed by atoms with E-state index in [1.54, 1.807) is 31.2 Å². The van der Waals surface area contributed by atoms with E-state index in [9.17, 15) is 13.6 Å². The first-order valence-electron chi connectivity index (χ1n) is 6.54. The number of halogens is 2. The lowest BCUT2D eigenvalue weighted by atomic mass is 10.2. The van der Waals surface area contributed by atoms with Gasteiger partial charge in [-0.05, 0) is 43.3 Å². The monoisotopic (exact) mass is 324 g/mol. The van der Waals surface area contributed by atoms with Gasteiger partial charge >= 0.3 is 0 Å². The van der Waals surface area contributed by atoms with Crippen LogP contribution in [0.5, 0.6) is 5.88 Å². The van der Waals surface area contributed by atoms with Crippen molar-refractivity contribution in [2.45, 2.75) is 17.6 Å². The molecule has 1 aromatic heterocycles. The standard InChI is InChI=1S/C15H14F2N2O2S/c1-2-21-14-12(4-3-9-18-14)13(20)19-10-5-7-11(8-6-10)22-15(16)17/h3-9,15H,2H2,1H3,(H,19,20). The molecule has 7 heteroatoms. The molecule has 1 heterocycles. The van der Waals surface area contributed by atoms with Crippen molar-refractivity contribution in [1.82, 2.24) is 4.98 Å². The van der Waals surface area contributed by atoms with Crippen molar-refractivity contribution in [3.05, 3.63) is 48.2 Å². The Morgan fingerprint density at radius 3 is 2.68 bits per heavy atom. The summed E-state index contributed by atoms with van der Waals surface area (Å²) in [6.07, 6.45) is 1.54. The molecule has 1 amide bonds. The highest BCUT2D eigenvalue weighted by atomic mass is 32.2. The summed E-state index contributed by atoms with van der Waals surface area (Å²) in [7, 11) is 0. The second kappa shape index (κ2) is 7.74. The number of aromatic nitrogens is 1. The molecule has 4 nitrogen and oxygen atoms in total. The minimum atomic E-state index is -2.47. The van der Waals surface area contributed by atoms with Crippen LogP contribution in [0.15, 0.2) is 47.5 Å². The molecular weight excluding hydrogens is 310 g/mol. The summed E-state index contributed by atoms with van der Waals surface area (Å²) in [4.78, 5) is 16.7. The quantitative estimate of drug-likeness (QED) is 0.815. The van der Waals surface area contributed by atoms with E-state index in [1.165, 1.54) is 18.3 Å². The van der Waals surface area contributed by atoms with Crippen LogP contribution in [0.1, 0.15) is 17.3 Å². The lowest BCUT2D eigenvalue weighted by Crippen LogP contribution is -2.14. The lowest BCUT2D eigenvalue weighted by Gasteiger charge is -2.09. The molecule has 0 atom stereocenters. The normalized spacial score (nSPS) is 10.5. The number of anilines is 1. The van der Waals surface area contributed by atoms with Gasteiger partial charge in [0.25, 0.3) is 11.7 Å². The Balaban J connectivity index is 2.09. The van der Waals surface area contributed by atoms with Crippen molar-refractivity contribution in [1.29, 1.82) is 0 Å². The molecule has 2 rings (SSSR count). The van der Waals surface area contributed by atoms with E-state index in [-0.39, 0.29) is 11.8 Å². The van der Waals surface area contributed by atoms with Crippen LogP contribution in [0.25, 0.3) is 0 Å². The number of amides is 1. The molecule has 0 aliphatic rings. The van der Waals surface area contributed by atoms with Crippen LogP contribution >= 0.6 is 11.8 Å². The molecule has 116 valence electrons. The Bertz CT molecular complexity index is 636. The van der Waals surface area contributed by atoms with Crippen molar-refractivity contribution in [3.8, 4) is 5.88 Å². The fourth-order valence-electron chi connectivity index (χ4n) is 1.73. The van der Waals surface area contributed by atoms with Crippen LogP contribution in [0.3, 0.4) is 0 Å². The SMILES string of the molecule is CCOc1ncccc1C(=O)Nc1ccc(SC(F)F)cc1. The molecule has 0 fully saturated rings. The van der Waals surface area contributed by atoms with Gasteiger partial charge < -0.3 is 10.1 Å². The van der Waals surface area contributed by atoms with Gasteiger partial charge in [-0.2, -0.15) is 8.78 Å². The first-order valence-corrected chi connectivity index (χ1v) is 7.42. The summed E-state index contributed by atoms with van der Waals surface area (Å²) in [6.45, 7) is 2.20. The maximum atomic E-state index is 12.2. The molecule has 0 bridgehead atoms. The van der Waals surface area contributed by atoms with Gasteiger partial charge in [0.1, 0.15) is 5.56 Å². The molecule has 0 aliphatic carbocycles. The number of ether oxygens (including phenoxy) is 1. The van der Waals surface area contributed by atoms with Crippen molar-refractivity contribution in [2.75, 3.05) is 11.9 Å².